The lowest BCUT2D eigenvalue weighted by Gasteiger charge is -2.41. The Morgan fingerprint density at radius 2 is 1.00 bits per heavy atom. The summed E-state index contributed by atoms with van der Waals surface area (Å²) in [6.07, 6.45) is 30.6. The van der Waals surface area contributed by atoms with Crippen LogP contribution in [0.4, 0.5) is 0 Å². The Morgan fingerprint density at radius 1 is 0.537 bits per heavy atom. The van der Waals surface area contributed by atoms with Crippen molar-refractivity contribution in [1.29, 1.82) is 0 Å². The smallest absolute Gasteiger partial charge is 0.462 e. The van der Waals surface area contributed by atoms with Crippen LogP contribution >= 0.6 is 7.82 Å². The van der Waals surface area contributed by atoms with Gasteiger partial charge in [-0.25, -0.2) is 4.57 Å². The maximum absolute atomic E-state index is 12.9. The number of carbonyl (C=O) groups is 2. The van der Waals surface area contributed by atoms with E-state index in [1.54, 1.807) is 6.08 Å². The average molecular weight is 969 g/mol. The number of aliphatic hydroxyl groups excluding tert-OH is 7. The molecule has 1 saturated carbocycles. The molecule has 1 fully saturated rings. The Balaban J connectivity index is 2.55. The largest absolute Gasteiger partial charge is 0.472 e. The summed E-state index contributed by atoms with van der Waals surface area (Å²) >= 11 is 0. The predicted molar refractivity (Wildman–Crippen MR) is 260 cm³/mol. The van der Waals surface area contributed by atoms with Crippen LogP contribution in [0.25, 0.3) is 0 Å². The number of ether oxygens (including phenoxy) is 2. The van der Waals surface area contributed by atoms with E-state index >= 15 is 0 Å². The number of esters is 2. The van der Waals surface area contributed by atoms with E-state index in [-0.39, 0.29) is 32.1 Å². The van der Waals surface area contributed by atoms with Gasteiger partial charge in [-0.05, 0) is 89.9 Å². The van der Waals surface area contributed by atoms with Crippen LogP contribution in [0, 0.1) is 0 Å². The van der Waals surface area contributed by atoms with Crippen LogP contribution in [0.2, 0.25) is 0 Å². The van der Waals surface area contributed by atoms with Crippen molar-refractivity contribution in [1.82, 2.24) is 0 Å². The molecule has 10 atom stereocenters. The molecule has 0 heterocycles. The van der Waals surface area contributed by atoms with E-state index in [0.717, 1.165) is 77.0 Å². The second-order valence-corrected chi connectivity index (χ2v) is 18.3. The van der Waals surface area contributed by atoms with Gasteiger partial charge in [0.1, 0.15) is 43.2 Å². The highest BCUT2D eigenvalue weighted by Crippen LogP contribution is 2.47. The molecule has 0 aliphatic heterocycles. The first-order valence-electron chi connectivity index (χ1n) is 24.6. The van der Waals surface area contributed by atoms with Crippen molar-refractivity contribution in [3.8, 4) is 0 Å². The van der Waals surface area contributed by atoms with Crippen molar-refractivity contribution >= 4 is 19.8 Å². The zero-order valence-corrected chi connectivity index (χ0v) is 41.0. The lowest BCUT2D eigenvalue weighted by atomic mass is 9.85. The van der Waals surface area contributed by atoms with E-state index in [4.69, 9.17) is 18.5 Å². The first-order valence-corrected chi connectivity index (χ1v) is 26.1. The van der Waals surface area contributed by atoms with E-state index in [9.17, 15) is 54.8 Å². The maximum Gasteiger partial charge on any atom is 0.472 e. The van der Waals surface area contributed by atoms with E-state index in [0.29, 0.717) is 12.8 Å². The standard InChI is InChI=1S/C51H85O15P/c1-3-5-7-9-11-13-15-17-18-19-20-21-22-23-25-27-29-31-33-37-44(54)63-39-41(40-64-67(61,62)66-51-49(59)47(57)46(56)48(58)50(51)60)65-45(55)38-34-36-43(53)42(52)35-32-30-28-26-24-16-14-12-10-8-6-4-2/h5,7,11-14,17-18,20-21,24,26,30,32,41-43,46-53,56-60H,3-4,6,8-10,15-16,19,22-23,25,27-29,31,33-40H2,1-2H3,(H,61,62)/b7-5-,13-11-,14-12-,18-17-,21-20-,26-24-,32-30-/t41-,42?,43?,46?,47-,48+,49-,50-,51?/m1/s1. The highest BCUT2D eigenvalue weighted by molar-refractivity contribution is 7.47. The van der Waals surface area contributed by atoms with Crippen LogP contribution in [0.3, 0.4) is 0 Å². The van der Waals surface area contributed by atoms with Crippen LogP contribution in [0.5, 0.6) is 0 Å². The molecule has 5 unspecified atom stereocenters. The third-order valence-corrected chi connectivity index (χ3v) is 11.9. The maximum atomic E-state index is 12.9. The summed E-state index contributed by atoms with van der Waals surface area (Å²) in [6.45, 7) is 2.90. The summed E-state index contributed by atoms with van der Waals surface area (Å²) in [5.74, 6) is -1.41. The van der Waals surface area contributed by atoms with Gasteiger partial charge < -0.3 is 50.1 Å². The van der Waals surface area contributed by atoms with Gasteiger partial charge in [0.2, 0.25) is 0 Å². The normalized spacial score (nSPS) is 22.8. The van der Waals surface area contributed by atoms with Gasteiger partial charge in [0.05, 0.1) is 18.8 Å². The number of hydrogen-bond acceptors (Lipinski definition) is 14. The molecule has 0 aromatic heterocycles. The Hall–Kier alpha value is -3.05. The molecule has 1 aliphatic rings. The van der Waals surface area contributed by atoms with Crippen LogP contribution in [-0.2, 0) is 32.7 Å². The van der Waals surface area contributed by atoms with Crippen molar-refractivity contribution < 1.29 is 73.3 Å². The molecule has 0 spiro atoms. The zero-order valence-electron chi connectivity index (χ0n) is 40.1. The van der Waals surface area contributed by atoms with Gasteiger partial charge in [-0.3, -0.25) is 18.6 Å². The molecular weight excluding hydrogens is 884 g/mol. The van der Waals surface area contributed by atoms with Crippen molar-refractivity contribution in [3.05, 3.63) is 85.1 Å². The Kier molecular flexibility index (Phi) is 36.8. The van der Waals surface area contributed by atoms with E-state index in [1.807, 2.05) is 12.2 Å². The summed E-state index contributed by atoms with van der Waals surface area (Å²) in [7, 11) is -5.21. The third-order valence-electron chi connectivity index (χ3n) is 10.9. The van der Waals surface area contributed by atoms with Gasteiger partial charge >= 0.3 is 19.8 Å². The number of phosphoric ester groups is 1. The molecule has 1 aliphatic carbocycles. The summed E-state index contributed by atoms with van der Waals surface area (Å²) in [4.78, 5) is 35.8. The molecule has 16 heteroatoms. The SMILES string of the molecule is CC/C=C\C/C=C\C/C=C\C/C=C\CCCCCCCCC(=O)OC[C@H](COP(=O)(O)OC1[C@H](O)[C@H](O)C(O)[C@H](O)[C@H]1O)OC(=O)CCCC(O)C(O)C/C=C\C/C=C\C/C=C\CCCCC. The average Bonchev–Trinajstić information content (AvgIpc) is 3.30. The quantitative estimate of drug-likeness (QED) is 0.0126. The van der Waals surface area contributed by atoms with Crippen molar-refractivity contribution in [2.45, 2.75) is 210 Å². The van der Waals surface area contributed by atoms with E-state index < -0.39 is 87.9 Å². The van der Waals surface area contributed by atoms with Crippen LogP contribution in [-0.4, -0.2) is 121 Å². The molecule has 8 N–H and O–H groups in total. The molecule has 0 amide bonds. The Bertz CT molecular complexity index is 1530. The number of hydrogen-bond donors (Lipinski definition) is 8. The molecule has 384 valence electrons. The van der Waals surface area contributed by atoms with Gasteiger partial charge in [0.25, 0.3) is 0 Å². The number of carbonyl (C=O) groups excluding carboxylic acids is 2. The lowest BCUT2D eigenvalue weighted by molar-refractivity contribution is -0.220. The number of unbranched alkanes of at least 4 members (excludes halogenated alkanes) is 9. The molecule has 0 aromatic rings. The summed E-state index contributed by atoms with van der Waals surface area (Å²) in [5.41, 5.74) is 0. The minimum atomic E-state index is -5.21. The topological polar surface area (TPSA) is 250 Å². The molecule has 15 nitrogen and oxygen atoms in total. The van der Waals surface area contributed by atoms with Crippen LogP contribution < -0.4 is 0 Å². The minimum Gasteiger partial charge on any atom is -0.462 e. The molecule has 67 heavy (non-hydrogen) atoms. The molecule has 0 bridgehead atoms. The van der Waals surface area contributed by atoms with Gasteiger partial charge in [0, 0.05) is 12.8 Å². The second kappa shape index (κ2) is 39.8. The van der Waals surface area contributed by atoms with Gasteiger partial charge in [0.15, 0.2) is 6.10 Å². The fraction of sp³-hybridized carbons (Fsp3) is 0.686. The number of allylic oxidation sites excluding steroid dienone is 13. The number of phosphoric acid groups is 1. The zero-order chi connectivity index (χ0) is 49.5. The Morgan fingerprint density at radius 3 is 1.55 bits per heavy atom. The highest BCUT2D eigenvalue weighted by Gasteiger charge is 2.51. The first-order chi connectivity index (χ1) is 32.2. The van der Waals surface area contributed by atoms with Crippen molar-refractivity contribution in [2.24, 2.45) is 0 Å². The fourth-order valence-electron chi connectivity index (χ4n) is 6.85. The molecule has 0 radical (unpaired) electrons. The molecule has 0 saturated heterocycles. The minimum absolute atomic E-state index is 0.0637. The first kappa shape index (κ1) is 62.0. The molecule has 1 rings (SSSR count). The Labute approximate surface area is 400 Å². The lowest BCUT2D eigenvalue weighted by Crippen LogP contribution is -2.64. The molecular formula is C51H85O15P. The monoisotopic (exact) mass is 969 g/mol. The fourth-order valence-corrected chi connectivity index (χ4v) is 7.82. The van der Waals surface area contributed by atoms with Gasteiger partial charge in [-0.2, -0.15) is 0 Å². The van der Waals surface area contributed by atoms with E-state index in [1.165, 1.54) is 19.3 Å². The van der Waals surface area contributed by atoms with Crippen molar-refractivity contribution in [2.75, 3.05) is 13.2 Å². The van der Waals surface area contributed by atoms with Crippen LogP contribution in [0.1, 0.15) is 155 Å². The molecule has 0 aromatic carbocycles. The van der Waals surface area contributed by atoms with Gasteiger partial charge in [-0.1, -0.05) is 137 Å². The van der Waals surface area contributed by atoms with Gasteiger partial charge in [-0.15, -0.1) is 0 Å². The highest BCUT2D eigenvalue weighted by atomic mass is 31.2. The number of aliphatic hydroxyl groups is 7. The second-order valence-electron chi connectivity index (χ2n) is 16.9. The summed E-state index contributed by atoms with van der Waals surface area (Å²) in [5, 5.41) is 71.1. The number of rotatable bonds is 39. The summed E-state index contributed by atoms with van der Waals surface area (Å²) in [6, 6.07) is 0. The predicted octanol–water partition coefficient (Wildman–Crippen LogP) is 8.00. The third kappa shape index (κ3) is 31.7. The van der Waals surface area contributed by atoms with Crippen LogP contribution in [0.15, 0.2) is 85.1 Å². The van der Waals surface area contributed by atoms with Crippen molar-refractivity contribution in [3.63, 3.8) is 0 Å². The summed E-state index contributed by atoms with van der Waals surface area (Å²) < 4.78 is 33.4. The van der Waals surface area contributed by atoms with E-state index in [2.05, 4.69) is 80.7 Å².